The lowest BCUT2D eigenvalue weighted by molar-refractivity contribution is 0.147. The molecule has 0 radical (unpaired) electrons. The molecule has 0 aromatic carbocycles. The Bertz CT molecular complexity index is 325. The van der Waals surface area contributed by atoms with Gasteiger partial charge >= 0.3 is 6.03 Å². The third kappa shape index (κ3) is 4.88. The summed E-state index contributed by atoms with van der Waals surface area (Å²) in [6.07, 6.45) is 0.866. The fourth-order valence-corrected chi connectivity index (χ4v) is 1.24. The minimum absolute atomic E-state index is 0.126. The lowest BCUT2D eigenvalue weighted by Crippen LogP contribution is -2.39. The van der Waals surface area contributed by atoms with Crippen LogP contribution in [-0.4, -0.2) is 49.8 Å². The van der Waals surface area contributed by atoms with Crippen molar-refractivity contribution in [3.63, 3.8) is 0 Å². The minimum atomic E-state index is -0.658. The number of furan rings is 1. The van der Waals surface area contributed by atoms with Gasteiger partial charge in [0, 0.05) is 33.7 Å². The Hall–Kier alpha value is -1.53. The highest BCUT2D eigenvalue weighted by Gasteiger charge is 2.09. The van der Waals surface area contributed by atoms with Crippen molar-refractivity contribution in [2.24, 2.45) is 0 Å². The lowest BCUT2D eigenvalue weighted by atomic mass is 10.3. The standard InChI is InChI=1S/C11H19N3O3/c1-14(2)11(16)13-6-5-12-8-9(15)10-4-3-7-17-10/h3-4,7,9,12,15H,5-6,8H2,1-2H3,(H,13,16). The molecule has 6 nitrogen and oxygen atoms in total. The first-order chi connectivity index (χ1) is 8.11. The smallest absolute Gasteiger partial charge is 0.316 e. The number of hydrogen-bond acceptors (Lipinski definition) is 4. The van der Waals surface area contributed by atoms with Crippen LogP contribution in [0.5, 0.6) is 0 Å². The van der Waals surface area contributed by atoms with E-state index in [0.29, 0.717) is 25.4 Å². The van der Waals surface area contributed by atoms with E-state index in [4.69, 9.17) is 4.42 Å². The summed E-state index contributed by atoms with van der Waals surface area (Å²) in [6.45, 7) is 1.50. The number of aliphatic hydroxyl groups is 1. The van der Waals surface area contributed by atoms with Crippen LogP contribution in [0.3, 0.4) is 0 Å². The van der Waals surface area contributed by atoms with Crippen molar-refractivity contribution in [2.75, 3.05) is 33.7 Å². The van der Waals surface area contributed by atoms with E-state index in [2.05, 4.69) is 10.6 Å². The van der Waals surface area contributed by atoms with Crippen LogP contribution in [0, 0.1) is 0 Å². The molecule has 1 heterocycles. The highest BCUT2D eigenvalue weighted by Crippen LogP contribution is 2.11. The number of carbonyl (C=O) groups excluding carboxylic acids is 1. The molecule has 1 aromatic heterocycles. The zero-order chi connectivity index (χ0) is 12.7. The van der Waals surface area contributed by atoms with Gasteiger partial charge in [0.1, 0.15) is 11.9 Å². The molecule has 2 amide bonds. The maximum absolute atomic E-state index is 11.1. The van der Waals surface area contributed by atoms with E-state index in [-0.39, 0.29) is 6.03 Å². The molecule has 1 aromatic rings. The molecule has 0 saturated heterocycles. The van der Waals surface area contributed by atoms with E-state index < -0.39 is 6.10 Å². The highest BCUT2D eigenvalue weighted by atomic mass is 16.4. The Morgan fingerprint density at radius 2 is 2.29 bits per heavy atom. The van der Waals surface area contributed by atoms with Crippen LogP contribution in [0.15, 0.2) is 22.8 Å². The van der Waals surface area contributed by atoms with Crippen LogP contribution < -0.4 is 10.6 Å². The molecule has 0 aliphatic carbocycles. The fourth-order valence-electron chi connectivity index (χ4n) is 1.24. The monoisotopic (exact) mass is 241 g/mol. The Labute approximate surface area is 101 Å². The van der Waals surface area contributed by atoms with Crippen LogP contribution in [0.25, 0.3) is 0 Å². The van der Waals surface area contributed by atoms with E-state index >= 15 is 0 Å². The second-order valence-corrected chi connectivity index (χ2v) is 3.86. The first-order valence-corrected chi connectivity index (χ1v) is 5.48. The van der Waals surface area contributed by atoms with E-state index in [9.17, 15) is 9.90 Å². The van der Waals surface area contributed by atoms with Crippen molar-refractivity contribution in [3.05, 3.63) is 24.2 Å². The number of aliphatic hydroxyl groups excluding tert-OH is 1. The van der Waals surface area contributed by atoms with Gasteiger partial charge in [-0.3, -0.25) is 0 Å². The van der Waals surface area contributed by atoms with Gasteiger partial charge in [-0.1, -0.05) is 0 Å². The average Bonchev–Trinajstić information content (AvgIpc) is 2.81. The maximum atomic E-state index is 11.1. The van der Waals surface area contributed by atoms with Crippen molar-refractivity contribution in [3.8, 4) is 0 Å². The third-order valence-electron chi connectivity index (χ3n) is 2.19. The Balaban J connectivity index is 2.07. The van der Waals surface area contributed by atoms with E-state index in [1.54, 1.807) is 26.2 Å². The largest absolute Gasteiger partial charge is 0.467 e. The molecule has 96 valence electrons. The molecule has 0 bridgehead atoms. The molecule has 0 saturated carbocycles. The Morgan fingerprint density at radius 1 is 1.53 bits per heavy atom. The Kier molecular flexibility index (Phi) is 5.51. The van der Waals surface area contributed by atoms with Gasteiger partial charge in [0.2, 0.25) is 0 Å². The predicted molar refractivity (Wildman–Crippen MR) is 63.6 cm³/mol. The van der Waals surface area contributed by atoms with Gasteiger partial charge in [-0.15, -0.1) is 0 Å². The molecule has 1 unspecified atom stereocenters. The van der Waals surface area contributed by atoms with Crippen molar-refractivity contribution in [1.29, 1.82) is 0 Å². The first-order valence-electron chi connectivity index (χ1n) is 5.48. The first kappa shape index (κ1) is 13.5. The summed E-state index contributed by atoms with van der Waals surface area (Å²) in [5, 5.41) is 15.4. The highest BCUT2D eigenvalue weighted by molar-refractivity contribution is 5.73. The van der Waals surface area contributed by atoms with Crippen molar-refractivity contribution in [2.45, 2.75) is 6.10 Å². The topological polar surface area (TPSA) is 77.7 Å². The van der Waals surface area contributed by atoms with Gasteiger partial charge in [0.25, 0.3) is 0 Å². The van der Waals surface area contributed by atoms with Gasteiger partial charge in [-0.25, -0.2) is 4.79 Å². The van der Waals surface area contributed by atoms with Gasteiger partial charge in [-0.2, -0.15) is 0 Å². The number of hydrogen-bond donors (Lipinski definition) is 3. The number of carbonyl (C=O) groups is 1. The SMILES string of the molecule is CN(C)C(=O)NCCNCC(O)c1ccco1. The second kappa shape index (κ2) is 6.93. The summed E-state index contributed by atoms with van der Waals surface area (Å²) >= 11 is 0. The zero-order valence-electron chi connectivity index (χ0n) is 10.1. The van der Waals surface area contributed by atoms with Crippen molar-refractivity contribution >= 4 is 6.03 Å². The van der Waals surface area contributed by atoms with Crippen LogP contribution in [0.2, 0.25) is 0 Å². The number of amides is 2. The summed E-state index contributed by atoms with van der Waals surface area (Å²) < 4.78 is 5.06. The molecular formula is C11H19N3O3. The lowest BCUT2D eigenvalue weighted by Gasteiger charge is -2.13. The molecule has 6 heteroatoms. The molecule has 3 N–H and O–H groups in total. The van der Waals surface area contributed by atoms with Crippen molar-refractivity contribution in [1.82, 2.24) is 15.5 Å². The summed E-state index contributed by atoms with van der Waals surface area (Å²) in [6, 6.07) is 3.33. The number of rotatable bonds is 6. The molecule has 0 aliphatic heterocycles. The summed E-state index contributed by atoms with van der Waals surface area (Å²) in [5.74, 6) is 0.537. The van der Waals surface area contributed by atoms with Crippen LogP contribution in [0.4, 0.5) is 4.79 Å². The summed E-state index contributed by atoms with van der Waals surface area (Å²) in [4.78, 5) is 12.6. The normalized spacial score (nSPS) is 12.2. The van der Waals surface area contributed by atoms with Crippen LogP contribution in [0.1, 0.15) is 11.9 Å². The molecule has 1 atom stereocenters. The van der Waals surface area contributed by atoms with Gasteiger partial charge in [0.15, 0.2) is 0 Å². The predicted octanol–water partition coefficient (Wildman–Crippen LogP) is 0.174. The fraction of sp³-hybridized carbons (Fsp3) is 0.545. The third-order valence-corrected chi connectivity index (χ3v) is 2.19. The molecule has 1 rings (SSSR count). The quantitative estimate of drug-likeness (QED) is 0.621. The summed E-state index contributed by atoms with van der Waals surface area (Å²) in [7, 11) is 3.37. The Morgan fingerprint density at radius 3 is 2.88 bits per heavy atom. The molecule has 17 heavy (non-hydrogen) atoms. The number of nitrogens with one attached hydrogen (secondary N) is 2. The molecule has 0 spiro atoms. The van der Waals surface area contributed by atoms with Crippen molar-refractivity contribution < 1.29 is 14.3 Å². The van der Waals surface area contributed by atoms with Gasteiger partial charge < -0.3 is 25.1 Å². The minimum Gasteiger partial charge on any atom is -0.467 e. The van der Waals surface area contributed by atoms with E-state index in [0.717, 1.165) is 0 Å². The van der Waals surface area contributed by atoms with Crippen LogP contribution in [-0.2, 0) is 0 Å². The summed E-state index contributed by atoms with van der Waals surface area (Å²) in [5.41, 5.74) is 0. The van der Waals surface area contributed by atoms with E-state index in [1.165, 1.54) is 11.2 Å². The molecular weight excluding hydrogens is 222 g/mol. The zero-order valence-corrected chi connectivity index (χ0v) is 10.1. The molecule has 0 fully saturated rings. The van der Waals surface area contributed by atoms with E-state index in [1.807, 2.05) is 0 Å². The second-order valence-electron chi connectivity index (χ2n) is 3.86. The van der Waals surface area contributed by atoms with Gasteiger partial charge in [-0.05, 0) is 12.1 Å². The van der Waals surface area contributed by atoms with Gasteiger partial charge in [0.05, 0.1) is 6.26 Å². The molecule has 0 aliphatic rings. The van der Waals surface area contributed by atoms with Crippen LogP contribution >= 0.6 is 0 Å². The number of nitrogens with zero attached hydrogens (tertiary/aromatic N) is 1. The maximum Gasteiger partial charge on any atom is 0.316 e. The number of urea groups is 1. The average molecular weight is 241 g/mol.